The van der Waals surface area contributed by atoms with Crippen LogP contribution in [0.5, 0.6) is 5.75 Å². The van der Waals surface area contributed by atoms with E-state index in [-0.39, 0.29) is 10.9 Å². The Bertz CT molecular complexity index is 569. The highest BCUT2D eigenvalue weighted by atomic mass is 32.2. The molecule has 0 saturated carbocycles. The summed E-state index contributed by atoms with van der Waals surface area (Å²) in [5, 5.41) is 0.210. The van der Waals surface area contributed by atoms with Gasteiger partial charge >= 0.3 is 0 Å². The fourth-order valence-electron chi connectivity index (χ4n) is 2.74. The molecule has 0 aromatic heterocycles. The molecule has 0 fully saturated rings. The van der Waals surface area contributed by atoms with Crippen LogP contribution in [0.4, 0.5) is 4.39 Å². The Balaban J connectivity index is 1.98. The summed E-state index contributed by atoms with van der Waals surface area (Å²) < 4.78 is 26.4. The van der Waals surface area contributed by atoms with Crippen LogP contribution < -0.4 is 4.74 Å². The standard InChI is InChI=1S/C19H31FO2SSi/c1-19(2,3)24(5,6)22-13-14-9-15-11-16(21-7-8-23-4)12-18(20)17(15)10-14/h11-12,14H,7-10,13H2,1-6H3. The Morgan fingerprint density at radius 3 is 2.58 bits per heavy atom. The molecule has 24 heavy (non-hydrogen) atoms. The first-order valence-electron chi connectivity index (χ1n) is 8.71. The molecule has 0 N–H and O–H groups in total. The SMILES string of the molecule is CSCCOc1cc(F)c2c(c1)CC(CO[Si](C)(C)C(C)(C)C)C2. The number of benzene rings is 1. The van der Waals surface area contributed by atoms with Crippen LogP contribution in [0.3, 0.4) is 0 Å². The number of hydrogen-bond donors (Lipinski definition) is 0. The Morgan fingerprint density at radius 1 is 1.25 bits per heavy atom. The molecule has 2 nitrogen and oxygen atoms in total. The Morgan fingerprint density at radius 2 is 1.96 bits per heavy atom. The lowest BCUT2D eigenvalue weighted by Gasteiger charge is -2.37. The van der Waals surface area contributed by atoms with Crippen LogP contribution in [0.15, 0.2) is 12.1 Å². The van der Waals surface area contributed by atoms with Crippen LogP contribution in [0.25, 0.3) is 0 Å². The molecule has 1 aliphatic rings. The summed E-state index contributed by atoms with van der Waals surface area (Å²) in [5.41, 5.74) is 1.95. The van der Waals surface area contributed by atoms with E-state index in [4.69, 9.17) is 9.16 Å². The van der Waals surface area contributed by atoms with Gasteiger partial charge in [0.25, 0.3) is 0 Å². The highest BCUT2D eigenvalue weighted by molar-refractivity contribution is 7.98. The van der Waals surface area contributed by atoms with E-state index in [9.17, 15) is 4.39 Å². The molecule has 0 amide bonds. The van der Waals surface area contributed by atoms with Crippen LogP contribution in [0, 0.1) is 11.7 Å². The van der Waals surface area contributed by atoms with Gasteiger partial charge in [0.2, 0.25) is 0 Å². The summed E-state index contributed by atoms with van der Waals surface area (Å²) in [5.74, 6) is 1.83. The normalized spacial score (nSPS) is 17.9. The largest absolute Gasteiger partial charge is 0.493 e. The van der Waals surface area contributed by atoms with Crippen LogP contribution in [-0.4, -0.2) is 33.5 Å². The van der Waals surface area contributed by atoms with E-state index in [1.54, 1.807) is 11.8 Å². The summed E-state index contributed by atoms with van der Waals surface area (Å²) in [4.78, 5) is 0. The molecule has 1 aromatic carbocycles. The molecule has 1 unspecified atom stereocenters. The van der Waals surface area contributed by atoms with E-state index in [2.05, 4.69) is 33.9 Å². The van der Waals surface area contributed by atoms with Crippen LogP contribution in [0.2, 0.25) is 18.1 Å². The molecule has 0 bridgehead atoms. The third kappa shape index (κ3) is 4.76. The molecule has 136 valence electrons. The predicted molar refractivity (Wildman–Crippen MR) is 104 cm³/mol. The maximum absolute atomic E-state index is 14.4. The Hall–Kier alpha value is -0.523. The summed E-state index contributed by atoms with van der Waals surface area (Å²) in [6.07, 6.45) is 3.71. The third-order valence-corrected chi connectivity index (χ3v) is 10.4. The van der Waals surface area contributed by atoms with Crippen molar-refractivity contribution < 1.29 is 13.6 Å². The summed E-state index contributed by atoms with van der Waals surface area (Å²) >= 11 is 1.73. The van der Waals surface area contributed by atoms with Crippen LogP contribution in [0.1, 0.15) is 31.9 Å². The van der Waals surface area contributed by atoms with Gasteiger partial charge in [-0.15, -0.1) is 0 Å². The lowest BCUT2D eigenvalue weighted by atomic mass is 10.1. The molecule has 0 radical (unpaired) electrons. The van der Waals surface area contributed by atoms with Crippen LogP contribution >= 0.6 is 11.8 Å². The molecule has 0 aliphatic heterocycles. The van der Waals surface area contributed by atoms with Crippen molar-refractivity contribution in [2.45, 2.75) is 51.7 Å². The fraction of sp³-hybridized carbons (Fsp3) is 0.684. The highest BCUT2D eigenvalue weighted by Crippen LogP contribution is 2.38. The number of ether oxygens (including phenoxy) is 1. The molecular weight excluding hydrogens is 339 g/mol. The maximum Gasteiger partial charge on any atom is 0.191 e. The molecule has 1 atom stereocenters. The Labute approximate surface area is 151 Å². The molecular formula is C19H31FO2SSi. The smallest absolute Gasteiger partial charge is 0.191 e. The molecule has 0 saturated heterocycles. The summed E-state index contributed by atoms with van der Waals surface area (Å²) in [7, 11) is -1.74. The van der Waals surface area contributed by atoms with Gasteiger partial charge in [0.1, 0.15) is 11.6 Å². The predicted octanol–water partition coefficient (Wildman–Crippen LogP) is 5.30. The number of halogens is 1. The lowest BCUT2D eigenvalue weighted by molar-refractivity contribution is 0.232. The first kappa shape index (κ1) is 19.8. The van der Waals surface area contributed by atoms with Gasteiger partial charge in [-0.3, -0.25) is 0 Å². The zero-order chi connectivity index (χ0) is 18.0. The minimum absolute atomic E-state index is 0.124. The second kappa shape index (κ2) is 7.79. The van der Waals surface area contributed by atoms with Gasteiger partial charge < -0.3 is 9.16 Å². The molecule has 0 spiro atoms. The lowest BCUT2D eigenvalue weighted by Crippen LogP contribution is -2.42. The van der Waals surface area contributed by atoms with Crippen molar-refractivity contribution in [3.05, 3.63) is 29.1 Å². The second-order valence-electron chi connectivity index (χ2n) is 8.23. The number of hydrogen-bond acceptors (Lipinski definition) is 3. The van der Waals surface area contributed by atoms with E-state index >= 15 is 0 Å². The zero-order valence-electron chi connectivity index (χ0n) is 15.9. The molecule has 2 rings (SSSR count). The fourth-order valence-corrected chi connectivity index (χ4v) is 4.07. The van der Waals surface area contributed by atoms with Gasteiger partial charge in [0.05, 0.1) is 6.61 Å². The van der Waals surface area contributed by atoms with Gasteiger partial charge in [-0.2, -0.15) is 11.8 Å². The molecule has 1 aromatic rings. The highest BCUT2D eigenvalue weighted by Gasteiger charge is 2.38. The van der Waals surface area contributed by atoms with E-state index in [1.165, 1.54) is 6.07 Å². The van der Waals surface area contributed by atoms with Gasteiger partial charge in [0.15, 0.2) is 8.32 Å². The minimum Gasteiger partial charge on any atom is -0.493 e. The Kier molecular flexibility index (Phi) is 6.43. The first-order chi connectivity index (χ1) is 11.1. The number of rotatable bonds is 7. The molecule has 0 heterocycles. The topological polar surface area (TPSA) is 18.5 Å². The van der Waals surface area contributed by atoms with Gasteiger partial charge in [0, 0.05) is 18.4 Å². The van der Waals surface area contributed by atoms with Crippen molar-refractivity contribution in [1.82, 2.24) is 0 Å². The van der Waals surface area contributed by atoms with Gasteiger partial charge in [-0.05, 0) is 60.3 Å². The van der Waals surface area contributed by atoms with Gasteiger partial charge in [-0.1, -0.05) is 20.8 Å². The quantitative estimate of drug-likeness (QED) is 0.479. The van der Waals surface area contributed by atoms with Crippen molar-refractivity contribution in [2.24, 2.45) is 5.92 Å². The number of thioether (sulfide) groups is 1. The van der Waals surface area contributed by atoms with E-state index < -0.39 is 8.32 Å². The van der Waals surface area contributed by atoms with Crippen molar-refractivity contribution >= 4 is 20.1 Å². The maximum atomic E-state index is 14.4. The zero-order valence-corrected chi connectivity index (χ0v) is 17.7. The third-order valence-electron chi connectivity index (χ3n) is 5.31. The van der Waals surface area contributed by atoms with Crippen molar-refractivity contribution in [3.63, 3.8) is 0 Å². The number of fused-ring (bicyclic) bond motifs is 1. The summed E-state index contributed by atoms with van der Waals surface area (Å²) in [6, 6.07) is 3.56. The van der Waals surface area contributed by atoms with Crippen molar-refractivity contribution in [3.8, 4) is 5.75 Å². The second-order valence-corrected chi connectivity index (χ2v) is 14.0. The van der Waals surface area contributed by atoms with Crippen molar-refractivity contribution in [1.29, 1.82) is 0 Å². The average molecular weight is 371 g/mol. The molecule has 5 heteroatoms. The van der Waals surface area contributed by atoms with E-state index in [0.29, 0.717) is 18.3 Å². The van der Waals surface area contributed by atoms with Crippen molar-refractivity contribution in [2.75, 3.05) is 25.2 Å². The van der Waals surface area contributed by atoms with E-state index in [1.807, 2.05) is 12.3 Å². The molecule has 1 aliphatic carbocycles. The average Bonchev–Trinajstić information content (AvgIpc) is 2.88. The monoisotopic (exact) mass is 370 g/mol. The van der Waals surface area contributed by atoms with E-state index in [0.717, 1.165) is 36.3 Å². The first-order valence-corrected chi connectivity index (χ1v) is 13.0. The minimum atomic E-state index is -1.74. The van der Waals surface area contributed by atoms with Gasteiger partial charge in [-0.25, -0.2) is 4.39 Å². The van der Waals surface area contributed by atoms with Crippen LogP contribution in [-0.2, 0) is 17.3 Å². The summed E-state index contributed by atoms with van der Waals surface area (Å²) in [6.45, 7) is 12.6.